The van der Waals surface area contributed by atoms with Gasteiger partial charge in [-0.1, -0.05) is 40.2 Å². The fourth-order valence-electron chi connectivity index (χ4n) is 4.72. The van der Waals surface area contributed by atoms with Gasteiger partial charge in [0.2, 0.25) is 11.8 Å². The number of ether oxygens (including phenoxy) is 1. The first-order valence-corrected chi connectivity index (χ1v) is 10.4. The minimum absolute atomic E-state index is 0.123. The van der Waals surface area contributed by atoms with Gasteiger partial charge in [0.25, 0.3) is 0 Å². The highest BCUT2D eigenvalue weighted by molar-refractivity contribution is 9.10. The Morgan fingerprint density at radius 3 is 2.10 bits per heavy atom. The summed E-state index contributed by atoms with van der Waals surface area (Å²) in [6, 6.07) is 14.0. The molecule has 0 aromatic heterocycles. The summed E-state index contributed by atoms with van der Waals surface area (Å²) >= 11 is 3.37. The van der Waals surface area contributed by atoms with Gasteiger partial charge in [0.15, 0.2) is 0 Å². The van der Waals surface area contributed by atoms with Crippen LogP contribution in [0.1, 0.15) is 22.3 Å². The largest absolute Gasteiger partial charge is 0.457 e. The minimum Gasteiger partial charge on any atom is -0.457 e. The number of halogens is 1. The monoisotopic (exact) mass is 451 g/mol. The molecule has 0 radical (unpaired) electrons. The third kappa shape index (κ3) is 3.02. The van der Waals surface area contributed by atoms with E-state index < -0.39 is 5.97 Å². The van der Waals surface area contributed by atoms with Crippen molar-refractivity contribution in [3.8, 4) is 0 Å². The number of esters is 1. The highest BCUT2D eigenvalue weighted by atomic mass is 79.9. The number of carbonyl (C=O) groups excluding carboxylic acids is 3. The van der Waals surface area contributed by atoms with Crippen LogP contribution in [0.5, 0.6) is 0 Å². The molecule has 6 heteroatoms. The lowest BCUT2D eigenvalue weighted by Gasteiger charge is -2.17. The summed E-state index contributed by atoms with van der Waals surface area (Å²) in [5, 5.41) is 0. The van der Waals surface area contributed by atoms with Crippen LogP contribution in [0.4, 0.5) is 5.69 Å². The number of hydrogen-bond donors (Lipinski definition) is 0. The van der Waals surface area contributed by atoms with Crippen molar-refractivity contribution in [2.45, 2.75) is 13.0 Å². The number of benzene rings is 2. The fourth-order valence-corrected chi connectivity index (χ4v) is 4.98. The Morgan fingerprint density at radius 2 is 1.52 bits per heavy atom. The Labute approximate surface area is 176 Å². The SMILES string of the molecule is O=C(OCc1ccc(Br)cc1)c1ccc(N2C(=O)[C@H]3[C@H](C2=O)[C@H]2C=C[C@H]3C2)cc1. The van der Waals surface area contributed by atoms with E-state index in [0.717, 1.165) is 16.5 Å². The van der Waals surface area contributed by atoms with Crippen molar-refractivity contribution in [1.29, 1.82) is 0 Å². The number of rotatable bonds is 4. The molecular weight excluding hydrogens is 434 g/mol. The molecule has 5 rings (SSSR count). The molecule has 5 nitrogen and oxygen atoms in total. The van der Waals surface area contributed by atoms with Crippen LogP contribution in [0, 0.1) is 23.7 Å². The third-order valence-electron chi connectivity index (χ3n) is 6.11. The fraction of sp³-hybridized carbons (Fsp3) is 0.261. The molecule has 2 fully saturated rings. The average molecular weight is 452 g/mol. The van der Waals surface area contributed by atoms with Gasteiger partial charge in [0, 0.05) is 4.47 Å². The first-order valence-electron chi connectivity index (χ1n) is 9.61. The molecule has 2 aromatic rings. The zero-order valence-corrected chi connectivity index (χ0v) is 17.0. The summed E-state index contributed by atoms with van der Waals surface area (Å²) in [6.45, 7) is 0.177. The van der Waals surface area contributed by atoms with Crippen molar-refractivity contribution in [3.05, 3.63) is 76.3 Å². The van der Waals surface area contributed by atoms with Crippen LogP contribution in [-0.4, -0.2) is 17.8 Å². The molecule has 0 spiro atoms. The van der Waals surface area contributed by atoms with Crippen molar-refractivity contribution in [2.24, 2.45) is 23.7 Å². The van der Waals surface area contributed by atoms with E-state index in [1.54, 1.807) is 24.3 Å². The van der Waals surface area contributed by atoms with E-state index in [0.29, 0.717) is 11.3 Å². The van der Waals surface area contributed by atoms with Gasteiger partial charge >= 0.3 is 5.97 Å². The molecule has 0 N–H and O–H groups in total. The second-order valence-corrected chi connectivity index (χ2v) is 8.68. The number of carbonyl (C=O) groups is 3. The van der Waals surface area contributed by atoms with E-state index >= 15 is 0 Å². The molecule has 2 bridgehead atoms. The van der Waals surface area contributed by atoms with E-state index in [1.807, 2.05) is 24.3 Å². The lowest BCUT2D eigenvalue weighted by atomic mass is 9.85. The van der Waals surface area contributed by atoms with Crippen molar-refractivity contribution < 1.29 is 19.1 Å². The topological polar surface area (TPSA) is 63.7 Å². The smallest absolute Gasteiger partial charge is 0.338 e. The molecule has 3 aliphatic rings. The van der Waals surface area contributed by atoms with Crippen molar-refractivity contribution in [2.75, 3.05) is 4.90 Å². The highest BCUT2D eigenvalue weighted by Crippen LogP contribution is 2.53. The lowest BCUT2D eigenvalue weighted by molar-refractivity contribution is -0.123. The first kappa shape index (κ1) is 18.3. The Hall–Kier alpha value is -2.73. The van der Waals surface area contributed by atoms with E-state index in [-0.39, 0.29) is 42.1 Å². The second kappa shape index (κ2) is 6.95. The predicted octanol–water partition coefficient (Wildman–Crippen LogP) is 4.12. The molecule has 0 unspecified atom stereocenters. The maximum atomic E-state index is 12.9. The summed E-state index contributed by atoms with van der Waals surface area (Å²) in [5.74, 6) is -0.790. The third-order valence-corrected chi connectivity index (χ3v) is 6.64. The van der Waals surface area contributed by atoms with Crippen molar-refractivity contribution >= 4 is 39.4 Å². The van der Waals surface area contributed by atoms with Gasteiger partial charge in [-0.15, -0.1) is 0 Å². The van der Waals surface area contributed by atoms with Gasteiger partial charge < -0.3 is 4.74 Å². The number of fused-ring (bicyclic) bond motifs is 5. The van der Waals surface area contributed by atoms with Crippen LogP contribution in [0.2, 0.25) is 0 Å². The molecule has 1 heterocycles. The number of anilines is 1. The molecule has 29 heavy (non-hydrogen) atoms. The van der Waals surface area contributed by atoms with Gasteiger partial charge in [-0.3, -0.25) is 14.5 Å². The van der Waals surface area contributed by atoms with Crippen molar-refractivity contribution in [1.82, 2.24) is 0 Å². The van der Waals surface area contributed by atoms with Crippen molar-refractivity contribution in [3.63, 3.8) is 0 Å². The normalized spacial score (nSPS) is 26.9. The van der Waals surface area contributed by atoms with Crippen LogP contribution in [0.3, 0.4) is 0 Å². The number of amides is 2. The molecule has 1 saturated carbocycles. The number of nitrogens with zero attached hydrogens (tertiary/aromatic N) is 1. The van der Waals surface area contributed by atoms with Crippen LogP contribution in [0.15, 0.2) is 65.2 Å². The lowest BCUT2D eigenvalue weighted by Crippen LogP contribution is -2.32. The van der Waals surface area contributed by atoms with Crippen LogP contribution in [0.25, 0.3) is 0 Å². The average Bonchev–Trinajstić information content (AvgIpc) is 3.41. The quantitative estimate of drug-likeness (QED) is 0.398. The molecule has 1 saturated heterocycles. The van der Waals surface area contributed by atoms with E-state index in [2.05, 4.69) is 28.1 Å². The zero-order chi connectivity index (χ0) is 20.1. The van der Waals surface area contributed by atoms with Gasteiger partial charge in [0.05, 0.1) is 23.1 Å². The number of allylic oxidation sites excluding steroid dienone is 2. The van der Waals surface area contributed by atoms with Crippen LogP contribution < -0.4 is 4.90 Å². The molecule has 2 amide bonds. The maximum absolute atomic E-state index is 12.9. The van der Waals surface area contributed by atoms with Crippen LogP contribution in [-0.2, 0) is 20.9 Å². The summed E-state index contributed by atoms with van der Waals surface area (Å²) < 4.78 is 6.31. The summed E-state index contributed by atoms with van der Waals surface area (Å²) in [5.41, 5.74) is 1.78. The molecule has 146 valence electrons. The Morgan fingerprint density at radius 1 is 0.931 bits per heavy atom. The van der Waals surface area contributed by atoms with Gasteiger partial charge in [-0.2, -0.15) is 0 Å². The summed E-state index contributed by atoms with van der Waals surface area (Å²) in [4.78, 5) is 39.3. The standard InChI is InChI=1S/C23H18BrNO4/c24-17-7-1-13(2-8-17)12-29-23(28)14-5-9-18(10-6-14)25-21(26)19-15-3-4-16(11-15)20(19)22(25)27/h1-10,15-16,19-20H,11-12H2/t15-,16-,19+,20+/m0/s1. The first-order chi connectivity index (χ1) is 14.0. The van der Waals surface area contributed by atoms with Gasteiger partial charge in [-0.05, 0) is 60.2 Å². The van der Waals surface area contributed by atoms with Gasteiger partial charge in [-0.25, -0.2) is 4.79 Å². The zero-order valence-electron chi connectivity index (χ0n) is 15.5. The Kier molecular flexibility index (Phi) is 4.39. The molecular formula is C23H18BrNO4. The van der Waals surface area contributed by atoms with E-state index in [9.17, 15) is 14.4 Å². The van der Waals surface area contributed by atoms with E-state index in [1.165, 1.54) is 4.90 Å². The Bertz CT molecular complexity index is 998. The minimum atomic E-state index is -0.447. The summed E-state index contributed by atoms with van der Waals surface area (Å²) in [7, 11) is 0. The molecule has 2 aromatic carbocycles. The Balaban J connectivity index is 1.28. The number of imide groups is 1. The molecule has 4 atom stereocenters. The molecule has 2 aliphatic carbocycles. The van der Waals surface area contributed by atoms with Crippen LogP contribution >= 0.6 is 15.9 Å². The summed E-state index contributed by atoms with van der Waals surface area (Å²) in [6.07, 6.45) is 5.06. The molecule has 1 aliphatic heterocycles. The second-order valence-electron chi connectivity index (χ2n) is 7.76. The van der Waals surface area contributed by atoms with E-state index in [4.69, 9.17) is 4.74 Å². The number of hydrogen-bond acceptors (Lipinski definition) is 4. The van der Waals surface area contributed by atoms with Gasteiger partial charge in [0.1, 0.15) is 6.61 Å². The highest BCUT2D eigenvalue weighted by Gasteiger charge is 2.59. The predicted molar refractivity (Wildman–Crippen MR) is 110 cm³/mol. The maximum Gasteiger partial charge on any atom is 0.338 e.